The first-order chi connectivity index (χ1) is 5.16. The average Bonchev–Trinajstić information content (AvgIpc) is 1.87. The summed E-state index contributed by atoms with van der Waals surface area (Å²) < 4.78 is 0. The first kappa shape index (κ1) is 10.3. The molecule has 0 spiro atoms. The molecule has 0 rings (SSSR count). The maximum atomic E-state index is 3.88. The smallest absolute Gasteiger partial charge is 0.0180 e. The van der Waals surface area contributed by atoms with Gasteiger partial charge in [0.2, 0.25) is 0 Å². The van der Waals surface area contributed by atoms with Gasteiger partial charge in [-0.2, -0.15) is 0 Å². The van der Waals surface area contributed by atoms with Gasteiger partial charge in [-0.05, 0) is 30.4 Å². The van der Waals surface area contributed by atoms with Crippen molar-refractivity contribution in [3.8, 4) is 0 Å². The number of allylic oxidation sites excluding steroid dienone is 2. The minimum Gasteiger partial charge on any atom is -0.128 e. The molecule has 0 heteroatoms. The highest BCUT2D eigenvalue weighted by Crippen LogP contribution is 2.10. The second-order valence-corrected chi connectivity index (χ2v) is 3.29. The molecule has 0 aliphatic heterocycles. The Morgan fingerprint density at radius 1 is 1.55 bits per heavy atom. The largest absolute Gasteiger partial charge is 0.128 e. The van der Waals surface area contributed by atoms with E-state index in [1.807, 2.05) is 6.08 Å². The second kappa shape index (κ2) is 6.00. The van der Waals surface area contributed by atoms with Crippen LogP contribution in [0.5, 0.6) is 0 Å². The van der Waals surface area contributed by atoms with Crippen LogP contribution in [0.4, 0.5) is 0 Å². The molecule has 0 aromatic heterocycles. The molecule has 0 amide bonds. The summed E-state index contributed by atoms with van der Waals surface area (Å²) in [5.41, 5.74) is 3.87. The molecule has 0 saturated heterocycles. The lowest BCUT2D eigenvalue weighted by atomic mass is 10.0. The van der Waals surface area contributed by atoms with Crippen molar-refractivity contribution in [2.24, 2.45) is 5.92 Å². The van der Waals surface area contributed by atoms with E-state index in [1.54, 1.807) is 0 Å². The lowest BCUT2D eigenvalue weighted by molar-refractivity contribution is 0.557. The van der Waals surface area contributed by atoms with Crippen LogP contribution in [0.25, 0.3) is 0 Å². The highest BCUT2D eigenvalue weighted by molar-refractivity contribution is 5.12. The first-order valence-corrected chi connectivity index (χ1v) is 4.20. The van der Waals surface area contributed by atoms with Crippen LogP contribution in [0, 0.1) is 5.92 Å². The number of hydrogen-bond donors (Lipinski definition) is 0. The highest BCUT2D eigenvalue weighted by atomic mass is 14.0. The van der Waals surface area contributed by atoms with Gasteiger partial charge in [-0.25, -0.2) is 0 Å². The summed E-state index contributed by atoms with van der Waals surface area (Å²) in [5.74, 6) is 0.801. The van der Waals surface area contributed by atoms with Crippen LogP contribution in [0.3, 0.4) is 0 Å². The van der Waals surface area contributed by atoms with Gasteiger partial charge in [-0.3, -0.25) is 0 Å². The monoisotopic (exact) mass is 150 g/mol. The summed E-state index contributed by atoms with van der Waals surface area (Å²) in [6.45, 7) is 11.9. The minimum absolute atomic E-state index is 0.801. The van der Waals surface area contributed by atoms with Crippen LogP contribution in [-0.4, -0.2) is 0 Å². The predicted molar refractivity (Wildman–Crippen MR) is 51.5 cm³/mol. The van der Waals surface area contributed by atoms with Crippen LogP contribution in [0.1, 0.15) is 33.1 Å². The van der Waals surface area contributed by atoms with E-state index in [9.17, 15) is 0 Å². The van der Waals surface area contributed by atoms with E-state index in [0.29, 0.717) is 0 Å². The molecule has 0 fully saturated rings. The molecule has 0 heterocycles. The van der Waals surface area contributed by atoms with Crippen molar-refractivity contribution in [3.63, 3.8) is 0 Å². The van der Waals surface area contributed by atoms with Crippen molar-refractivity contribution in [1.29, 1.82) is 0 Å². The molecule has 0 bridgehead atoms. The highest BCUT2D eigenvalue weighted by Gasteiger charge is 1.94. The van der Waals surface area contributed by atoms with Crippen LogP contribution in [-0.2, 0) is 0 Å². The van der Waals surface area contributed by atoms with E-state index >= 15 is 0 Å². The molecule has 0 aliphatic carbocycles. The molecule has 0 saturated carbocycles. The maximum Gasteiger partial charge on any atom is -0.0180 e. The zero-order chi connectivity index (χ0) is 8.69. The van der Waals surface area contributed by atoms with Gasteiger partial charge in [0.15, 0.2) is 0 Å². The predicted octanol–water partition coefficient (Wildman–Crippen LogP) is 3.71. The second-order valence-electron chi connectivity index (χ2n) is 3.29. The Balaban J connectivity index is 3.39. The Bertz CT molecular complexity index is 157. The molecule has 0 N–H and O–H groups in total. The fourth-order valence-corrected chi connectivity index (χ4v) is 0.954. The number of rotatable bonds is 5. The Kier molecular flexibility index (Phi) is 5.60. The molecule has 0 aliphatic rings. The average molecular weight is 150 g/mol. The summed E-state index contributed by atoms with van der Waals surface area (Å²) in [4.78, 5) is 0. The summed E-state index contributed by atoms with van der Waals surface area (Å²) >= 11 is 0. The summed E-state index contributed by atoms with van der Waals surface area (Å²) in [6.07, 6.45) is 5.46. The van der Waals surface area contributed by atoms with Gasteiger partial charge in [0.25, 0.3) is 0 Å². The van der Waals surface area contributed by atoms with Crippen LogP contribution < -0.4 is 0 Å². The van der Waals surface area contributed by atoms with Gasteiger partial charge in [0.05, 0.1) is 0 Å². The first-order valence-electron chi connectivity index (χ1n) is 4.20. The Morgan fingerprint density at radius 2 is 2.18 bits per heavy atom. The van der Waals surface area contributed by atoms with Gasteiger partial charge in [-0.15, -0.1) is 5.73 Å². The normalized spacial score (nSPS) is 9.36. The maximum absolute atomic E-state index is 3.88. The molecular formula is C11H18. The van der Waals surface area contributed by atoms with E-state index in [4.69, 9.17) is 0 Å². The summed E-state index contributed by atoms with van der Waals surface area (Å²) in [7, 11) is 0. The van der Waals surface area contributed by atoms with Gasteiger partial charge in [0, 0.05) is 0 Å². The van der Waals surface area contributed by atoms with Gasteiger partial charge in [-0.1, -0.05) is 33.4 Å². The molecule has 0 aromatic carbocycles. The molecule has 62 valence electrons. The molecule has 0 unspecified atom stereocenters. The Labute approximate surface area is 70.3 Å². The molecular weight excluding hydrogens is 132 g/mol. The lowest BCUT2D eigenvalue weighted by Gasteiger charge is -2.02. The Hall–Kier alpha value is -0.740. The van der Waals surface area contributed by atoms with Gasteiger partial charge in [0.1, 0.15) is 0 Å². The SMILES string of the molecule is C=C=CC(=C)CCCC(C)C. The van der Waals surface area contributed by atoms with Gasteiger partial charge < -0.3 is 0 Å². The van der Waals surface area contributed by atoms with Crippen molar-refractivity contribution in [1.82, 2.24) is 0 Å². The van der Waals surface area contributed by atoms with Crippen molar-refractivity contribution in [2.45, 2.75) is 33.1 Å². The molecule has 0 nitrogen and oxygen atoms in total. The topological polar surface area (TPSA) is 0 Å². The molecule has 0 radical (unpaired) electrons. The Morgan fingerprint density at radius 3 is 2.64 bits per heavy atom. The number of hydrogen-bond acceptors (Lipinski definition) is 0. The third-order valence-corrected chi connectivity index (χ3v) is 1.59. The van der Waals surface area contributed by atoms with Crippen molar-refractivity contribution in [3.05, 3.63) is 30.5 Å². The van der Waals surface area contributed by atoms with Crippen molar-refractivity contribution < 1.29 is 0 Å². The van der Waals surface area contributed by atoms with Crippen molar-refractivity contribution >= 4 is 0 Å². The molecule has 0 aromatic rings. The third kappa shape index (κ3) is 7.15. The van der Waals surface area contributed by atoms with E-state index in [-0.39, 0.29) is 0 Å². The summed E-state index contributed by atoms with van der Waals surface area (Å²) in [5, 5.41) is 0. The van der Waals surface area contributed by atoms with Crippen LogP contribution in [0.2, 0.25) is 0 Å². The quantitative estimate of drug-likeness (QED) is 0.414. The summed E-state index contributed by atoms with van der Waals surface area (Å²) in [6, 6.07) is 0. The minimum atomic E-state index is 0.801. The van der Waals surface area contributed by atoms with Gasteiger partial charge >= 0.3 is 0 Å². The van der Waals surface area contributed by atoms with E-state index in [1.165, 1.54) is 12.8 Å². The fourth-order valence-electron chi connectivity index (χ4n) is 0.954. The molecule has 11 heavy (non-hydrogen) atoms. The van der Waals surface area contributed by atoms with E-state index in [2.05, 4.69) is 32.7 Å². The van der Waals surface area contributed by atoms with Crippen LogP contribution >= 0.6 is 0 Å². The van der Waals surface area contributed by atoms with E-state index < -0.39 is 0 Å². The van der Waals surface area contributed by atoms with Crippen molar-refractivity contribution in [2.75, 3.05) is 0 Å². The zero-order valence-corrected chi connectivity index (χ0v) is 7.69. The zero-order valence-electron chi connectivity index (χ0n) is 7.69. The lowest BCUT2D eigenvalue weighted by Crippen LogP contribution is -1.86. The van der Waals surface area contributed by atoms with Crippen LogP contribution in [0.15, 0.2) is 30.5 Å². The third-order valence-electron chi connectivity index (χ3n) is 1.59. The fraction of sp³-hybridized carbons (Fsp3) is 0.545. The molecule has 0 atom stereocenters. The standard InChI is InChI=1S/C11H18/c1-5-7-11(4)9-6-8-10(2)3/h7,10H,1,4,6,8-9H2,2-3H3. The van der Waals surface area contributed by atoms with E-state index in [0.717, 1.165) is 17.9 Å².